The number of nitrogens with zero attached hydrogens (tertiary/aromatic N) is 3. The topological polar surface area (TPSA) is 111 Å². The molecule has 0 aliphatic carbocycles. The lowest BCUT2D eigenvalue weighted by Gasteiger charge is -2.08. The molecule has 8 nitrogen and oxygen atoms in total. The smallest absolute Gasteiger partial charge is 0.277 e. The summed E-state index contributed by atoms with van der Waals surface area (Å²) in [6.07, 6.45) is 0. The molecular weight excluding hydrogens is 368 g/mol. The zero-order chi connectivity index (χ0) is 19.4. The predicted octanol–water partition coefficient (Wildman–Crippen LogP) is 3.99. The molecule has 0 radical (unpaired) electrons. The Morgan fingerprint density at radius 1 is 1.22 bits per heavy atom. The SMILES string of the molecule is Cc1ccc(NC(=O)CSc2nnc(-c3cccc([N+](=O)[O-])c3)o2)c(C)c1. The van der Waals surface area contributed by atoms with Gasteiger partial charge in [-0.2, -0.15) is 0 Å². The first kappa shape index (κ1) is 18.6. The van der Waals surface area contributed by atoms with Gasteiger partial charge < -0.3 is 9.73 Å². The Kier molecular flexibility index (Phi) is 5.51. The molecule has 1 N–H and O–H groups in total. The molecule has 0 aliphatic rings. The van der Waals surface area contributed by atoms with Crippen LogP contribution in [0.2, 0.25) is 0 Å². The molecule has 0 atom stereocenters. The third-order valence-electron chi connectivity index (χ3n) is 3.69. The summed E-state index contributed by atoms with van der Waals surface area (Å²) in [5, 5.41) is 21.7. The van der Waals surface area contributed by atoms with Gasteiger partial charge >= 0.3 is 0 Å². The zero-order valence-electron chi connectivity index (χ0n) is 14.6. The van der Waals surface area contributed by atoms with Crippen LogP contribution in [0, 0.1) is 24.0 Å². The van der Waals surface area contributed by atoms with Gasteiger partial charge in [0.2, 0.25) is 11.8 Å². The Balaban J connectivity index is 1.62. The van der Waals surface area contributed by atoms with Crippen LogP contribution in [0.5, 0.6) is 0 Å². The number of hydrogen-bond acceptors (Lipinski definition) is 7. The van der Waals surface area contributed by atoms with E-state index in [9.17, 15) is 14.9 Å². The first-order valence-corrected chi connectivity index (χ1v) is 8.99. The lowest BCUT2D eigenvalue weighted by Crippen LogP contribution is -2.14. The third-order valence-corrected chi connectivity index (χ3v) is 4.51. The molecule has 1 amide bonds. The van der Waals surface area contributed by atoms with Gasteiger partial charge in [0.25, 0.3) is 10.9 Å². The Morgan fingerprint density at radius 3 is 2.78 bits per heavy atom. The van der Waals surface area contributed by atoms with Crippen LogP contribution in [0.25, 0.3) is 11.5 Å². The number of hydrogen-bond donors (Lipinski definition) is 1. The number of non-ortho nitro benzene ring substituents is 1. The maximum atomic E-state index is 12.1. The molecule has 0 unspecified atom stereocenters. The number of anilines is 1. The predicted molar refractivity (Wildman–Crippen MR) is 102 cm³/mol. The van der Waals surface area contributed by atoms with Crippen molar-refractivity contribution in [3.05, 3.63) is 63.7 Å². The van der Waals surface area contributed by atoms with Gasteiger partial charge in [-0.15, -0.1) is 10.2 Å². The highest BCUT2D eigenvalue weighted by Gasteiger charge is 2.14. The second-order valence-electron chi connectivity index (χ2n) is 5.84. The number of nitro groups is 1. The van der Waals surface area contributed by atoms with Gasteiger partial charge in [0.05, 0.1) is 10.7 Å². The number of nitro benzene ring substituents is 1. The van der Waals surface area contributed by atoms with Crippen LogP contribution in [-0.2, 0) is 4.79 Å². The van der Waals surface area contributed by atoms with Crippen LogP contribution in [0.1, 0.15) is 11.1 Å². The van der Waals surface area contributed by atoms with Crippen LogP contribution in [0.15, 0.2) is 52.1 Å². The molecule has 3 rings (SSSR count). The maximum absolute atomic E-state index is 12.1. The van der Waals surface area contributed by atoms with Crippen molar-refractivity contribution in [2.75, 3.05) is 11.1 Å². The lowest BCUT2D eigenvalue weighted by molar-refractivity contribution is -0.384. The van der Waals surface area contributed by atoms with E-state index >= 15 is 0 Å². The normalized spacial score (nSPS) is 10.6. The number of aromatic nitrogens is 2. The van der Waals surface area contributed by atoms with E-state index in [0.717, 1.165) is 28.6 Å². The van der Waals surface area contributed by atoms with Crippen molar-refractivity contribution in [1.29, 1.82) is 0 Å². The van der Waals surface area contributed by atoms with E-state index in [1.54, 1.807) is 12.1 Å². The van der Waals surface area contributed by atoms with Crippen molar-refractivity contribution in [2.45, 2.75) is 19.1 Å². The number of nitrogens with one attached hydrogen (secondary N) is 1. The van der Waals surface area contributed by atoms with Crippen LogP contribution >= 0.6 is 11.8 Å². The number of thioether (sulfide) groups is 1. The van der Waals surface area contributed by atoms with Crippen molar-refractivity contribution in [3.8, 4) is 11.5 Å². The van der Waals surface area contributed by atoms with Crippen molar-refractivity contribution in [2.24, 2.45) is 0 Å². The number of aryl methyl sites for hydroxylation is 2. The largest absolute Gasteiger partial charge is 0.411 e. The second-order valence-corrected chi connectivity index (χ2v) is 6.76. The van der Waals surface area contributed by atoms with E-state index in [1.165, 1.54) is 12.1 Å². The number of rotatable bonds is 6. The Morgan fingerprint density at radius 2 is 2.04 bits per heavy atom. The molecule has 1 aromatic heterocycles. The minimum atomic E-state index is -0.493. The molecule has 0 bridgehead atoms. The lowest BCUT2D eigenvalue weighted by atomic mass is 10.1. The summed E-state index contributed by atoms with van der Waals surface area (Å²) < 4.78 is 5.48. The van der Waals surface area contributed by atoms with Crippen LogP contribution in [0.3, 0.4) is 0 Å². The van der Waals surface area contributed by atoms with E-state index in [-0.39, 0.29) is 28.5 Å². The van der Waals surface area contributed by atoms with Crippen LogP contribution in [-0.4, -0.2) is 26.8 Å². The fraction of sp³-hybridized carbons (Fsp3) is 0.167. The molecule has 0 aliphatic heterocycles. The minimum absolute atomic E-state index is 0.0623. The van der Waals surface area contributed by atoms with E-state index in [1.807, 2.05) is 32.0 Å². The summed E-state index contributed by atoms with van der Waals surface area (Å²) >= 11 is 1.10. The number of amides is 1. The highest BCUT2D eigenvalue weighted by atomic mass is 32.2. The summed E-state index contributed by atoms with van der Waals surface area (Å²) in [7, 11) is 0. The van der Waals surface area contributed by atoms with Crippen molar-refractivity contribution < 1.29 is 14.1 Å². The van der Waals surface area contributed by atoms with E-state index < -0.39 is 4.92 Å². The van der Waals surface area contributed by atoms with Crippen LogP contribution < -0.4 is 5.32 Å². The number of benzene rings is 2. The number of carbonyl (C=O) groups is 1. The zero-order valence-corrected chi connectivity index (χ0v) is 15.4. The van der Waals surface area contributed by atoms with Crippen LogP contribution in [0.4, 0.5) is 11.4 Å². The monoisotopic (exact) mass is 384 g/mol. The average Bonchev–Trinajstić information content (AvgIpc) is 3.11. The molecule has 0 saturated heterocycles. The summed E-state index contributed by atoms with van der Waals surface area (Å²) in [5.74, 6) is 0.0715. The van der Waals surface area contributed by atoms with Gasteiger partial charge in [0, 0.05) is 23.4 Å². The van der Waals surface area contributed by atoms with E-state index in [2.05, 4.69) is 15.5 Å². The van der Waals surface area contributed by atoms with Gasteiger partial charge in [0.15, 0.2) is 0 Å². The van der Waals surface area contributed by atoms with Gasteiger partial charge in [-0.3, -0.25) is 14.9 Å². The molecule has 27 heavy (non-hydrogen) atoms. The standard InChI is InChI=1S/C18H16N4O4S/c1-11-6-7-15(12(2)8-11)19-16(23)10-27-18-21-20-17(26-18)13-4-3-5-14(9-13)22(24)25/h3-9H,10H2,1-2H3,(H,19,23). The maximum Gasteiger partial charge on any atom is 0.277 e. The van der Waals surface area contributed by atoms with Gasteiger partial charge in [0.1, 0.15) is 0 Å². The van der Waals surface area contributed by atoms with Gasteiger partial charge in [-0.25, -0.2) is 0 Å². The molecule has 9 heteroatoms. The molecule has 3 aromatic rings. The molecule has 0 saturated carbocycles. The van der Waals surface area contributed by atoms with Gasteiger partial charge in [-0.1, -0.05) is 35.5 Å². The summed E-state index contributed by atoms with van der Waals surface area (Å²) in [6, 6.07) is 11.7. The second kappa shape index (κ2) is 8.00. The van der Waals surface area contributed by atoms with E-state index in [4.69, 9.17) is 4.42 Å². The molecule has 0 spiro atoms. The molecule has 1 heterocycles. The minimum Gasteiger partial charge on any atom is -0.411 e. The Bertz CT molecular complexity index is 1000. The first-order valence-electron chi connectivity index (χ1n) is 8.00. The highest BCUT2D eigenvalue weighted by Crippen LogP contribution is 2.26. The molecule has 2 aromatic carbocycles. The molecular formula is C18H16N4O4S. The highest BCUT2D eigenvalue weighted by molar-refractivity contribution is 7.99. The van der Waals surface area contributed by atoms with Crippen molar-refractivity contribution >= 4 is 29.0 Å². The summed E-state index contributed by atoms with van der Waals surface area (Å²) in [6.45, 7) is 3.92. The van der Waals surface area contributed by atoms with E-state index in [0.29, 0.717) is 5.56 Å². The van der Waals surface area contributed by atoms with Crippen molar-refractivity contribution in [3.63, 3.8) is 0 Å². The molecule has 0 fully saturated rings. The first-order chi connectivity index (χ1) is 12.9. The fourth-order valence-corrected chi connectivity index (χ4v) is 2.97. The fourth-order valence-electron chi connectivity index (χ4n) is 2.40. The Labute approximate surface area is 159 Å². The number of carbonyl (C=O) groups excluding carboxylic acids is 1. The third kappa shape index (κ3) is 4.70. The Hall–Kier alpha value is -3.20. The molecule has 138 valence electrons. The average molecular weight is 384 g/mol. The van der Waals surface area contributed by atoms with Gasteiger partial charge in [-0.05, 0) is 31.5 Å². The quantitative estimate of drug-likeness (QED) is 0.388. The van der Waals surface area contributed by atoms with Crippen molar-refractivity contribution in [1.82, 2.24) is 10.2 Å². The summed E-state index contributed by atoms with van der Waals surface area (Å²) in [5.41, 5.74) is 3.25. The summed E-state index contributed by atoms with van der Waals surface area (Å²) in [4.78, 5) is 22.5.